The van der Waals surface area contributed by atoms with Gasteiger partial charge in [-0.2, -0.15) is 0 Å². The standard InChI is InChI=1S/C11H22O/c1-8(2)4-5-10-6-7-11(12)9(10)3/h8-12H,4-7H2,1-3H3. The molecule has 0 aliphatic heterocycles. The number of hydrogen-bond donors (Lipinski definition) is 1. The van der Waals surface area contributed by atoms with Gasteiger partial charge in [-0.15, -0.1) is 0 Å². The first-order chi connectivity index (χ1) is 5.61. The lowest BCUT2D eigenvalue weighted by molar-refractivity contribution is 0.124. The maximum Gasteiger partial charge on any atom is 0.0568 e. The smallest absolute Gasteiger partial charge is 0.0568 e. The molecule has 1 N–H and O–H groups in total. The lowest BCUT2D eigenvalue weighted by Crippen LogP contribution is -2.15. The Labute approximate surface area is 76.2 Å². The van der Waals surface area contributed by atoms with Crippen LogP contribution in [-0.4, -0.2) is 11.2 Å². The monoisotopic (exact) mass is 170 g/mol. The number of aliphatic hydroxyl groups is 1. The van der Waals surface area contributed by atoms with E-state index in [0.29, 0.717) is 5.92 Å². The van der Waals surface area contributed by atoms with Gasteiger partial charge >= 0.3 is 0 Å². The highest BCUT2D eigenvalue weighted by Gasteiger charge is 2.30. The van der Waals surface area contributed by atoms with Gasteiger partial charge in [0.2, 0.25) is 0 Å². The Morgan fingerprint density at radius 1 is 1.33 bits per heavy atom. The van der Waals surface area contributed by atoms with E-state index in [1.165, 1.54) is 19.3 Å². The maximum atomic E-state index is 9.53. The van der Waals surface area contributed by atoms with Crippen LogP contribution in [-0.2, 0) is 0 Å². The van der Waals surface area contributed by atoms with Crippen molar-refractivity contribution in [2.24, 2.45) is 17.8 Å². The molecule has 0 saturated heterocycles. The van der Waals surface area contributed by atoms with Crippen molar-refractivity contribution in [3.63, 3.8) is 0 Å². The summed E-state index contributed by atoms with van der Waals surface area (Å²) >= 11 is 0. The molecule has 0 aromatic carbocycles. The van der Waals surface area contributed by atoms with Crippen LogP contribution < -0.4 is 0 Å². The molecule has 1 aliphatic rings. The molecule has 0 radical (unpaired) electrons. The van der Waals surface area contributed by atoms with Crippen LogP contribution in [0.5, 0.6) is 0 Å². The topological polar surface area (TPSA) is 20.2 Å². The Hall–Kier alpha value is -0.0400. The molecule has 1 fully saturated rings. The molecule has 3 atom stereocenters. The van der Waals surface area contributed by atoms with Crippen molar-refractivity contribution < 1.29 is 5.11 Å². The van der Waals surface area contributed by atoms with Gasteiger partial charge in [-0.3, -0.25) is 0 Å². The van der Waals surface area contributed by atoms with Crippen LogP contribution in [0.3, 0.4) is 0 Å². The van der Waals surface area contributed by atoms with Gasteiger partial charge in [0.1, 0.15) is 0 Å². The fourth-order valence-corrected chi connectivity index (χ4v) is 2.18. The Morgan fingerprint density at radius 3 is 2.42 bits per heavy atom. The van der Waals surface area contributed by atoms with Gasteiger partial charge in [-0.25, -0.2) is 0 Å². The second kappa shape index (κ2) is 4.27. The second-order valence-corrected chi connectivity index (χ2v) is 4.74. The molecule has 3 unspecified atom stereocenters. The fraction of sp³-hybridized carbons (Fsp3) is 1.00. The molecule has 0 aromatic rings. The van der Waals surface area contributed by atoms with Crippen molar-refractivity contribution in [1.82, 2.24) is 0 Å². The molecular weight excluding hydrogens is 148 g/mol. The number of aliphatic hydroxyl groups excluding tert-OH is 1. The number of hydrogen-bond acceptors (Lipinski definition) is 1. The summed E-state index contributed by atoms with van der Waals surface area (Å²) in [5, 5.41) is 9.53. The Bertz CT molecular complexity index is 131. The maximum absolute atomic E-state index is 9.53. The molecule has 72 valence electrons. The van der Waals surface area contributed by atoms with E-state index in [4.69, 9.17) is 0 Å². The fourth-order valence-electron chi connectivity index (χ4n) is 2.18. The van der Waals surface area contributed by atoms with Crippen molar-refractivity contribution in [3.05, 3.63) is 0 Å². The minimum Gasteiger partial charge on any atom is -0.393 e. The molecule has 1 heteroatoms. The number of rotatable bonds is 3. The molecule has 1 nitrogen and oxygen atoms in total. The predicted molar refractivity (Wildman–Crippen MR) is 52.0 cm³/mol. The van der Waals surface area contributed by atoms with Crippen LogP contribution in [0.4, 0.5) is 0 Å². The first kappa shape index (κ1) is 10.0. The summed E-state index contributed by atoms with van der Waals surface area (Å²) in [5.74, 6) is 2.15. The van der Waals surface area contributed by atoms with Crippen molar-refractivity contribution in [2.45, 2.75) is 52.6 Å². The van der Waals surface area contributed by atoms with Gasteiger partial charge in [-0.1, -0.05) is 27.2 Å². The molecule has 1 aliphatic carbocycles. The van der Waals surface area contributed by atoms with Crippen molar-refractivity contribution in [2.75, 3.05) is 0 Å². The molecule has 0 bridgehead atoms. The van der Waals surface area contributed by atoms with Gasteiger partial charge in [0, 0.05) is 0 Å². The minimum atomic E-state index is -0.0119. The molecule has 12 heavy (non-hydrogen) atoms. The molecule has 1 rings (SSSR count). The van der Waals surface area contributed by atoms with E-state index in [9.17, 15) is 5.11 Å². The Morgan fingerprint density at radius 2 is 2.00 bits per heavy atom. The zero-order valence-corrected chi connectivity index (χ0v) is 8.59. The van der Waals surface area contributed by atoms with E-state index in [1.54, 1.807) is 0 Å². The first-order valence-corrected chi connectivity index (χ1v) is 5.29. The molecule has 0 spiro atoms. The van der Waals surface area contributed by atoms with Crippen LogP contribution in [0, 0.1) is 17.8 Å². The van der Waals surface area contributed by atoms with Gasteiger partial charge < -0.3 is 5.11 Å². The van der Waals surface area contributed by atoms with Gasteiger partial charge in [0.25, 0.3) is 0 Å². The van der Waals surface area contributed by atoms with Crippen LogP contribution in [0.1, 0.15) is 46.5 Å². The Balaban J connectivity index is 2.24. The van der Waals surface area contributed by atoms with Crippen molar-refractivity contribution in [3.8, 4) is 0 Å². The SMILES string of the molecule is CC(C)CCC1CCC(O)C1C. The molecule has 0 heterocycles. The lowest BCUT2D eigenvalue weighted by atomic mass is 9.90. The highest BCUT2D eigenvalue weighted by Crippen LogP contribution is 2.35. The highest BCUT2D eigenvalue weighted by molar-refractivity contribution is 4.81. The molecule has 1 saturated carbocycles. The van der Waals surface area contributed by atoms with E-state index in [-0.39, 0.29) is 6.10 Å². The first-order valence-electron chi connectivity index (χ1n) is 5.29. The lowest BCUT2D eigenvalue weighted by Gasteiger charge is -2.17. The van der Waals surface area contributed by atoms with Crippen LogP contribution in [0.2, 0.25) is 0 Å². The third-order valence-corrected chi connectivity index (χ3v) is 3.30. The molecule has 0 amide bonds. The molecular formula is C11H22O. The quantitative estimate of drug-likeness (QED) is 0.690. The predicted octanol–water partition coefficient (Wildman–Crippen LogP) is 2.83. The largest absolute Gasteiger partial charge is 0.393 e. The average Bonchev–Trinajstić information content (AvgIpc) is 2.30. The van der Waals surface area contributed by atoms with E-state index in [2.05, 4.69) is 20.8 Å². The summed E-state index contributed by atoms with van der Waals surface area (Å²) in [6.45, 7) is 6.74. The summed E-state index contributed by atoms with van der Waals surface area (Å²) < 4.78 is 0. The zero-order chi connectivity index (χ0) is 9.14. The van der Waals surface area contributed by atoms with Crippen molar-refractivity contribution in [1.29, 1.82) is 0 Å². The van der Waals surface area contributed by atoms with Crippen molar-refractivity contribution >= 4 is 0 Å². The van der Waals surface area contributed by atoms with Gasteiger partial charge in [0.05, 0.1) is 6.10 Å². The van der Waals surface area contributed by atoms with Crippen LogP contribution in [0.25, 0.3) is 0 Å². The summed E-state index contributed by atoms with van der Waals surface area (Å²) in [6, 6.07) is 0. The molecule has 0 aromatic heterocycles. The van der Waals surface area contributed by atoms with Gasteiger partial charge in [0.15, 0.2) is 0 Å². The summed E-state index contributed by atoms with van der Waals surface area (Å²) in [6.07, 6.45) is 4.90. The van der Waals surface area contributed by atoms with Crippen LogP contribution in [0.15, 0.2) is 0 Å². The van der Waals surface area contributed by atoms with Gasteiger partial charge in [-0.05, 0) is 37.0 Å². The summed E-state index contributed by atoms with van der Waals surface area (Å²) in [4.78, 5) is 0. The highest BCUT2D eigenvalue weighted by atomic mass is 16.3. The third-order valence-electron chi connectivity index (χ3n) is 3.30. The van der Waals surface area contributed by atoms with E-state index >= 15 is 0 Å². The minimum absolute atomic E-state index is 0.0119. The van der Waals surface area contributed by atoms with Crippen LogP contribution >= 0.6 is 0 Å². The summed E-state index contributed by atoms with van der Waals surface area (Å²) in [7, 11) is 0. The zero-order valence-electron chi connectivity index (χ0n) is 8.59. The van der Waals surface area contributed by atoms with E-state index in [0.717, 1.165) is 18.3 Å². The third kappa shape index (κ3) is 2.48. The normalized spacial score (nSPS) is 36.2. The van der Waals surface area contributed by atoms with E-state index in [1.807, 2.05) is 0 Å². The Kier molecular flexibility index (Phi) is 3.57. The van der Waals surface area contributed by atoms with E-state index < -0.39 is 0 Å². The summed E-state index contributed by atoms with van der Waals surface area (Å²) in [5.41, 5.74) is 0. The second-order valence-electron chi connectivity index (χ2n) is 4.74. The average molecular weight is 170 g/mol.